The van der Waals surface area contributed by atoms with Crippen LogP contribution in [0.2, 0.25) is 0 Å². The van der Waals surface area contributed by atoms with E-state index in [0.717, 1.165) is 36.5 Å². The van der Waals surface area contributed by atoms with Crippen molar-refractivity contribution in [2.45, 2.75) is 43.0 Å². The molecule has 5 nitrogen and oxygen atoms in total. The van der Waals surface area contributed by atoms with Crippen molar-refractivity contribution < 1.29 is 4.79 Å². The van der Waals surface area contributed by atoms with Crippen molar-refractivity contribution in [1.29, 1.82) is 0 Å². The molecule has 6 heteroatoms. The molecule has 118 valence electrons. The Hall–Kier alpha value is -1.69. The second kappa shape index (κ2) is 7.05. The lowest BCUT2D eigenvalue weighted by Gasteiger charge is -2.17. The van der Waals surface area contributed by atoms with Gasteiger partial charge in [-0.2, -0.15) is 11.8 Å². The number of amides is 1. The van der Waals surface area contributed by atoms with Crippen molar-refractivity contribution in [3.05, 3.63) is 36.9 Å². The van der Waals surface area contributed by atoms with E-state index in [-0.39, 0.29) is 5.91 Å². The lowest BCUT2D eigenvalue weighted by atomic mass is 10.0. The summed E-state index contributed by atoms with van der Waals surface area (Å²) in [6, 6.07) is 4.70. The minimum Gasteiger partial charge on any atom is -0.367 e. The molecule has 3 heterocycles. The van der Waals surface area contributed by atoms with Gasteiger partial charge >= 0.3 is 0 Å². The Morgan fingerprint density at radius 3 is 3.18 bits per heavy atom. The standard InChI is InChI=1S/C16H22N4OS/c1-11-18-13-10-22-14(16(13)19-11)6-2-3-7-15(21)20-12-5-4-8-17-9-12/h4-5,8-9,13-14,16,18-19H,1-3,6-7,10H2,(H,20,21)/t13-,14?,16-/m0/s1. The minimum atomic E-state index is 0.0685. The van der Waals surface area contributed by atoms with Gasteiger partial charge in [-0.25, -0.2) is 0 Å². The Morgan fingerprint density at radius 2 is 2.36 bits per heavy atom. The highest BCUT2D eigenvalue weighted by Crippen LogP contribution is 2.34. The summed E-state index contributed by atoms with van der Waals surface area (Å²) in [6.07, 6.45) is 7.08. The average molecular weight is 318 g/mol. The van der Waals surface area contributed by atoms with E-state index < -0.39 is 0 Å². The number of fused-ring (bicyclic) bond motifs is 1. The van der Waals surface area contributed by atoms with E-state index in [1.54, 1.807) is 12.4 Å². The number of unbranched alkanes of at least 4 members (excludes halogenated alkanes) is 1. The molecule has 0 aromatic carbocycles. The molecular formula is C16H22N4OS. The molecular weight excluding hydrogens is 296 g/mol. The molecule has 2 saturated heterocycles. The first-order valence-corrected chi connectivity index (χ1v) is 8.81. The predicted molar refractivity (Wildman–Crippen MR) is 90.6 cm³/mol. The third-order valence-corrected chi connectivity index (χ3v) is 5.62. The number of pyridine rings is 1. The van der Waals surface area contributed by atoms with Crippen LogP contribution in [0.1, 0.15) is 25.7 Å². The van der Waals surface area contributed by atoms with Crippen molar-refractivity contribution in [3.8, 4) is 0 Å². The van der Waals surface area contributed by atoms with Gasteiger partial charge in [0.25, 0.3) is 0 Å². The summed E-state index contributed by atoms with van der Waals surface area (Å²) in [5.41, 5.74) is 0.765. The van der Waals surface area contributed by atoms with Gasteiger partial charge in [0.15, 0.2) is 0 Å². The first kappa shape index (κ1) is 15.2. The van der Waals surface area contributed by atoms with Crippen molar-refractivity contribution in [2.75, 3.05) is 11.1 Å². The second-order valence-corrected chi connectivity index (χ2v) is 7.08. The molecule has 22 heavy (non-hydrogen) atoms. The third-order valence-electron chi connectivity index (χ3n) is 4.11. The number of carbonyl (C=O) groups excluding carboxylic acids is 1. The number of nitrogens with one attached hydrogen (secondary N) is 3. The molecule has 3 N–H and O–H groups in total. The third kappa shape index (κ3) is 3.74. The first-order valence-electron chi connectivity index (χ1n) is 7.76. The van der Waals surface area contributed by atoms with E-state index in [1.165, 1.54) is 0 Å². The minimum absolute atomic E-state index is 0.0685. The smallest absolute Gasteiger partial charge is 0.224 e. The summed E-state index contributed by atoms with van der Waals surface area (Å²) >= 11 is 2.02. The molecule has 0 saturated carbocycles. The van der Waals surface area contributed by atoms with Gasteiger partial charge in [0.2, 0.25) is 5.91 Å². The quantitative estimate of drug-likeness (QED) is 0.701. The topological polar surface area (TPSA) is 66.0 Å². The highest BCUT2D eigenvalue weighted by atomic mass is 32.2. The number of hydrogen-bond donors (Lipinski definition) is 3. The van der Waals surface area contributed by atoms with Gasteiger partial charge < -0.3 is 16.0 Å². The van der Waals surface area contributed by atoms with E-state index in [4.69, 9.17) is 0 Å². The van der Waals surface area contributed by atoms with Crippen molar-refractivity contribution in [3.63, 3.8) is 0 Å². The van der Waals surface area contributed by atoms with Crippen LogP contribution in [0, 0.1) is 0 Å². The summed E-state index contributed by atoms with van der Waals surface area (Å²) in [6.45, 7) is 3.94. The molecule has 0 spiro atoms. The highest BCUT2D eigenvalue weighted by molar-refractivity contribution is 8.00. The molecule has 1 aromatic heterocycles. The lowest BCUT2D eigenvalue weighted by Crippen LogP contribution is -2.36. The number of thioether (sulfide) groups is 1. The van der Waals surface area contributed by atoms with E-state index in [2.05, 4.69) is 27.5 Å². The molecule has 1 amide bonds. The van der Waals surface area contributed by atoms with Crippen LogP contribution in [-0.2, 0) is 4.79 Å². The zero-order valence-corrected chi connectivity index (χ0v) is 13.4. The average Bonchev–Trinajstić information content (AvgIpc) is 3.04. The Labute approximate surface area is 135 Å². The van der Waals surface area contributed by atoms with Gasteiger partial charge in [0.05, 0.1) is 29.8 Å². The Morgan fingerprint density at radius 1 is 1.45 bits per heavy atom. The molecule has 3 rings (SSSR count). The molecule has 3 atom stereocenters. The Bertz CT molecular complexity index is 536. The fraction of sp³-hybridized carbons (Fsp3) is 0.500. The van der Waals surface area contributed by atoms with Crippen LogP contribution in [0.25, 0.3) is 0 Å². The SMILES string of the molecule is C=C1N[C@H]2CSC(CCCCC(=O)Nc3cccnc3)[C@H]2N1. The van der Waals surface area contributed by atoms with Gasteiger partial charge in [-0.1, -0.05) is 13.0 Å². The largest absolute Gasteiger partial charge is 0.367 e. The number of hydrogen-bond acceptors (Lipinski definition) is 5. The molecule has 0 bridgehead atoms. The second-order valence-electron chi connectivity index (χ2n) is 5.81. The number of anilines is 1. The van der Waals surface area contributed by atoms with Crippen LogP contribution in [0.4, 0.5) is 5.69 Å². The van der Waals surface area contributed by atoms with E-state index >= 15 is 0 Å². The lowest BCUT2D eigenvalue weighted by molar-refractivity contribution is -0.116. The van der Waals surface area contributed by atoms with Crippen LogP contribution < -0.4 is 16.0 Å². The van der Waals surface area contributed by atoms with Crippen LogP contribution >= 0.6 is 11.8 Å². The number of carbonyl (C=O) groups is 1. The van der Waals surface area contributed by atoms with Gasteiger partial charge in [-0.15, -0.1) is 0 Å². The van der Waals surface area contributed by atoms with Crippen LogP contribution in [0.5, 0.6) is 0 Å². The van der Waals surface area contributed by atoms with Crippen molar-refractivity contribution >= 4 is 23.4 Å². The van der Waals surface area contributed by atoms with Gasteiger partial charge in [-0.05, 0) is 25.0 Å². The van der Waals surface area contributed by atoms with Crippen LogP contribution in [0.15, 0.2) is 36.9 Å². The van der Waals surface area contributed by atoms with E-state index in [1.807, 2.05) is 23.9 Å². The summed E-state index contributed by atoms with van der Waals surface area (Å²) in [5.74, 6) is 2.16. The summed E-state index contributed by atoms with van der Waals surface area (Å²) in [7, 11) is 0. The van der Waals surface area contributed by atoms with Crippen LogP contribution in [-0.4, -0.2) is 34.0 Å². The van der Waals surface area contributed by atoms with E-state index in [9.17, 15) is 4.79 Å². The maximum Gasteiger partial charge on any atom is 0.224 e. The summed E-state index contributed by atoms with van der Waals surface area (Å²) < 4.78 is 0. The number of rotatable bonds is 6. The first-order chi connectivity index (χ1) is 10.7. The summed E-state index contributed by atoms with van der Waals surface area (Å²) in [5, 5.41) is 10.3. The van der Waals surface area contributed by atoms with E-state index in [0.29, 0.717) is 23.8 Å². The zero-order chi connectivity index (χ0) is 15.4. The Kier molecular flexibility index (Phi) is 4.87. The molecule has 1 aromatic rings. The molecule has 2 aliphatic rings. The Balaban J connectivity index is 1.34. The van der Waals surface area contributed by atoms with Crippen LogP contribution in [0.3, 0.4) is 0 Å². The molecule has 1 unspecified atom stereocenters. The predicted octanol–water partition coefficient (Wildman–Crippen LogP) is 2.10. The maximum absolute atomic E-state index is 11.9. The van der Waals surface area contributed by atoms with Gasteiger partial charge in [0, 0.05) is 23.6 Å². The molecule has 0 aliphatic carbocycles. The van der Waals surface area contributed by atoms with Crippen molar-refractivity contribution in [1.82, 2.24) is 15.6 Å². The fourth-order valence-electron chi connectivity index (χ4n) is 3.04. The zero-order valence-electron chi connectivity index (χ0n) is 12.5. The number of nitrogens with zero attached hydrogens (tertiary/aromatic N) is 1. The normalized spacial score (nSPS) is 26.2. The highest BCUT2D eigenvalue weighted by Gasteiger charge is 2.40. The molecule has 0 radical (unpaired) electrons. The van der Waals surface area contributed by atoms with Gasteiger partial charge in [0.1, 0.15) is 0 Å². The number of aromatic nitrogens is 1. The monoisotopic (exact) mass is 318 g/mol. The fourth-order valence-corrected chi connectivity index (χ4v) is 4.58. The maximum atomic E-state index is 11.9. The summed E-state index contributed by atoms with van der Waals surface area (Å²) in [4.78, 5) is 15.8. The molecule has 2 aliphatic heterocycles. The molecule has 2 fully saturated rings. The van der Waals surface area contributed by atoms with Crippen molar-refractivity contribution in [2.24, 2.45) is 0 Å². The van der Waals surface area contributed by atoms with Gasteiger partial charge in [-0.3, -0.25) is 9.78 Å².